The minimum absolute atomic E-state index is 0.00892. The number of sulfonamides is 1. The van der Waals surface area contributed by atoms with E-state index < -0.39 is 21.0 Å². The maximum atomic E-state index is 12.7. The van der Waals surface area contributed by atoms with Crippen molar-refractivity contribution in [2.45, 2.75) is 31.2 Å². The number of ether oxygens (including phenoxy) is 1. The zero-order chi connectivity index (χ0) is 19.3. The molecular formula is C18H22N2O5S. The maximum absolute atomic E-state index is 12.7. The number of benzene rings is 2. The Kier molecular flexibility index (Phi) is 6.33. The molecule has 0 spiro atoms. The summed E-state index contributed by atoms with van der Waals surface area (Å²) < 4.78 is 33.2. The van der Waals surface area contributed by atoms with Crippen molar-refractivity contribution < 1.29 is 18.1 Å². The largest absolute Gasteiger partial charge is 0.497 e. The van der Waals surface area contributed by atoms with Gasteiger partial charge in [0.25, 0.3) is 5.69 Å². The molecule has 0 aliphatic heterocycles. The number of nitrogens with one attached hydrogen (secondary N) is 1. The van der Waals surface area contributed by atoms with Crippen LogP contribution in [0.25, 0.3) is 0 Å². The Bertz CT molecular complexity index is 846. The first kappa shape index (κ1) is 19.9. The average Bonchev–Trinajstić information content (AvgIpc) is 2.60. The van der Waals surface area contributed by atoms with Crippen LogP contribution >= 0.6 is 0 Å². The fourth-order valence-corrected chi connectivity index (χ4v) is 3.80. The minimum Gasteiger partial charge on any atom is -0.497 e. The van der Waals surface area contributed by atoms with Gasteiger partial charge in [0, 0.05) is 18.2 Å². The first-order valence-corrected chi connectivity index (χ1v) is 9.62. The molecule has 0 amide bonds. The van der Waals surface area contributed by atoms with Gasteiger partial charge in [0.05, 0.1) is 16.9 Å². The monoisotopic (exact) mass is 378 g/mol. The molecule has 0 heterocycles. The van der Waals surface area contributed by atoms with Gasteiger partial charge in [-0.25, -0.2) is 13.1 Å². The molecule has 2 aromatic rings. The van der Waals surface area contributed by atoms with E-state index in [0.717, 1.165) is 5.56 Å². The molecule has 0 aliphatic rings. The Morgan fingerprint density at radius 1 is 1.08 bits per heavy atom. The summed E-state index contributed by atoms with van der Waals surface area (Å²) in [5.74, 6) is 0.955. The number of methoxy groups -OCH3 is 1. The number of nitro benzene ring substituents is 1. The number of non-ortho nitro benzene ring substituents is 1. The second-order valence-electron chi connectivity index (χ2n) is 6.33. The molecule has 0 bridgehead atoms. The molecular weight excluding hydrogens is 356 g/mol. The summed E-state index contributed by atoms with van der Waals surface area (Å²) in [5.41, 5.74) is 0.669. The lowest BCUT2D eigenvalue weighted by molar-refractivity contribution is -0.384. The van der Waals surface area contributed by atoms with Crippen LogP contribution in [-0.4, -0.2) is 20.5 Å². The summed E-state index contributed by atoms with van der Waals surface area (Å²) in [6.07, 6.45) is 0.610. The minimum atomic E-state index is -3.82. The van der Waals surface area contributed by atoms with E-state index in [1.807, 2.05) is 26.0 Å². The Balaban J connectivity index is 2.29. The fraction of sp³-hybridized carbons (Fsp3) is 0.333. The lowest BCUT2D eigenvalue weighted by Crippen LogP contribution is -2.29. The van der Waals surface area contributed by atoms with Gasteiger partial charge in [-0.2, -0.15) is 0 Å². The second kappa shape index (κ2) is 8.29. The molecule has 8 heteroatoms. The normalized spacial score (nSPS) is 12.8. The Morgan fingerprint density at radius 2 is 1.65 bits per heavy atom. The van der Waals surface area contributed by atoms with Gasteiger partial charge in [0.1, 0.15) is 5.75 Å². The number of nitro groups is 1. The van der Waals surface area contributed by atoms with Crippen LogP contribution in [0.2, 0.25) is 0 Å². The van der Waals surface area contributed by atoms with Gasteiger partial charge in [0.2, 0.25) is 10.0 Å². The van der Waals surface area contributed by atoms with Gasteiger partial charge < -0.3 is 4.74 Å². The Hall–Kier alpha value is -2.45. The lowest BCUT2D eigenvalue weighted by Gasteiger charge is -2.21. The molecule has 140 valence electrons. The molecule has 2 rings (SSSR count). The summed E-state index contributed by atoms with van der Waals surface area (Å²) in [7, 11) is -2.25. The predicted molar refractivity (Wildman–Crippen MR) is 98.6 cm³/mol. The van der Waals surface area contributed by atoms with Crippen LogP contribution in [-0.2, 0) is 10.0 Å². The quantitative estimate of drug-likeness (QED) is 0.558. The number of nitrogens with zero attached hydrogens (tertiary/aromatic N) is 1. The van der Waals surface area contributed by atoms with E-state index in [1.54, 1.807) is 19.2 Å². The smallest absolute Gasteiger partial charge is 0.269 e. The molecule has 0 aromatic heterocycles. The average molecular weight is 378 g/mol. The topological polar surface area (TPSA) is 98.5 Å². The Morgan fingerprint density at radius 3 is 2.12 bits per heavy atom. The SMILES string of the molecule is COc1ccc([C@@H](CC(C)C)NS(=O)(=O)c2ccc([N+](=O)[O-])cc2)cc1. The highest BCUT2D eigenvalue weighted by molar-refractivity contribution is 7.89. The van der Waals surface area contributed by atoms with Gasteiger partial charge >= 0.3 is 0 Å². The van der Waals surface area contributed by atoms with E-state index in [-0.39, 0.29) is 16.5 Å². The van der Waals surface area contributed by atoms with Crippen molar-refractivity contribution in [3.05, 3.63) is 64.2 Å². The van der Waals surface area contributed by atoms with E-state index in [4.69, 9.17) is 4.74 Å². The second-order valence-corrected chi connectivity index (χ2v) is 8.04. The van der Waals surface area contributed by atoms with Crippen LogP contribution < -0.4 is 9.46 Å². The van der Waals surface area contributed by atoms with Gasteiger partial charge in [-0.15, -0.1) is 0 Å². The third-order valence-corrected chi connectivity index (χ3v) is 5.37. The molecule has 0 saturated heterocycles. The fourth-order valence-electron chi connectivity index (χ4n) is 2.56. The van der Waals surface area contributed by atoms with Crippen LogP contribution in [0.4, 0.5) is 5.69 Å². The molecule has 0 unspecified atom stereocenters. The predicted octanol–water partition coefficient (Wildman–Crippen LogP) is 3.67. The van der Waals surface area contributed by atoms with Gasteiger partial charge in [-0.1, -0.05) is 26.0 Å². The molecule has 2 aromatic carbocycles. The van der Waals surface area contributed by atoms with E-state index in [0.29, 0.717) is 12.2 Å². The highest BCUT2D eigenvalue weighted by Crippen LogP contribution is 2.26. The van der Waals surface area contributed by atoms with Crippen molar-refractivity contribution in [2.24, 2.45) is 5.92 Å². The lowest BCUT2D eigenvalue weighted by atomic mass is 9.98. The summed E-state index contributed by atoms with van der Waals surface area (Å²) in [6.45, 7) is 4.02. The first-order chi connectivity index (χ1) is 12.2. The summed E-state index contributed by atoms with van der Waals surface area (Å²) in [6, 6.07) is 11.6. The standard InChI is InChI=1S/C18H22N2O5S/c1-13(2)12-18(14-4-8-16(25-3)9-5-14)19-26(23,24)17-10-6-15(7-11-17)20(21)22/h4-11,13,18-19H,12H2,1-3H3/t18-/m1/s1. The van der Waals surface area contributed by atoms with Gasteiger partial charge in [-0.3, -0.25) is 10.1 Å². The van der Waals surface area contributed by atoms with Crippen LogP contribution in [0.1, 0.15) is 31.9 Å². The van der Waals surface area contributed by atoms with E-state index in [9.17, 15) is 18.5 Å². The summed E-state index contributed by atoms with van der Waals surface area (Å²) >= 11 is 0. The van der Waals surface area contributed by atoms with Crippen molar-refractivity contribution in [1.29, 1.82) is 0 Å². The van der Waals surface area contributed by atoms with Crippen molar-refractivity contribution in [3.8, 4) is 5.75 Å². The van der Waals surface area contributed by atoms with E-state index in [1.165, 1.54) is 24.3 Å². The van der Waals surface area contributed by atoms with E-state index in [2.05, 4.69) is 4.72 Å². The number of hydrogen-bond acceptors (Lipinski definition) is 5. The zero-order valence-corrected chi connectivity index (χ0v) is 15.7. The Labute approximate surface area is 153 Å². The highest BCUT2D eigenvalue weighted by Gasteiger charge is 2.23. The number of rotatable bonds is 8. The molecule has 26 heavy (non-hydrogen) atoms. The van der Waals surface area contributed by atoms with Crippen molar-refractivity contribution in [1.82, 2.24) is 4.72 Å². The van der Waals surface area contributed by atoms with Crippen LogP contribution in [0, 0.1) is 16.0 Å². The van der Waals surface area contributed by atoms with Crippen LogP contribution in [0.15, 0.2) is 53.4 Å². The van der Waals surface area contributed by atoms with Gasteiger partial charge in [0.15, 0.2) is 0 Å². The summed E-state index contributed by atoms with van der Waals surface area (Å²) in [4.78, 5) is 10.2. The van der Waals surface area contributed by atoms with Crippen molar-refractivity contribution >= 4 is 15.7 Å². The van der Waals surface area contributed by atoms with E-state index >= 15 is 0 Å². The van der Waals surface area contributed by atoms with Crippen LogP contribution in [0.3, 0.4) is 0 Å². The third-order valence-electron chi connectivity index (χ3n) is 3.88. The molecule has 1 atom stereocenters. The maximum Gasteiger partial charge on any atom is 0.269 e. The third kappa shape index (κ3) is 5.03. The van der Waals surface area contributed by atoms with Gasteiger partial charge in [-0.05, 0) is 42.2 Å². The number of hydrogen-bond donors (Lipinski definition) is 1. The molecule has 0 aliphatic carbocycles. The van der Waals surface area contributed by atoms with Crippen molar-refractivity contribution in [2.75, 3.05) is 7.11 Å². The summed E-state index contributed by atoms with van der Waals surface area (Å²) in [5, 5.41) is 10.7. The zero-order valence-electron chi connectivity index (χ0n) is 14.9. The highest BCUT2D eigenvalue weighted by atomic mass is 32.2. The van der Waals surface area contributed by atoms with Crippen LogP contribution in [0.5, 0.6) is 5.75 Å². The first-order valence-electron chi connectivity index (χ1n) is 8.13. The molecule has 0 radical (unpaired) electrons. The molecule has 0 saturated carbocycles. The molecule has 7 nitrogen and oxygen atoms in total. The molecule has 1 N–H and O–H groups in total. The molecule has 0 fully saturated rings. The van der Waals surface area contributed by atoms with Crippen molar-refractivity contribution in [3.63, 3.8) is 0 Å².